The number of nitrogens with one attached hydrogen (secondary N) is 1. The average Bonchev–Trinajstić information content (AvgIpc) is 2.93. The molecule has 0 heterocycles. The van der Waals surface area contributed by atoms with Crippen LogP contribution in [0.1, 0.15) is 38.3 Å². The van der Waals surface area contributed by atoms with Crippen LogP contribution in [0.2, 0.25) is 15.1 Å². The molecule has 0 saturated carbocycles. The molecule has 0 aliphatic heterocycles. The summed E-state index contributed by atoms with van der Waals surface area (Å²) in [5, 5.41) is 3.71. The van der Waals surface area contributed by atoms with E-state index in [0.717, 1.165) is 9.87 Å². The summed E-state index contributed by atoms with van der Waals surface area (Å²) in [7, 11) is -4.22. The highest BCUT2D eigenvalue weighted by Crippen LogP contribution is 2.31. The Morgan fingerprint density at radius 2 is 1.56 bits per heavy atom. The molecule has 11 heteroatoms. The summed E-state index contributed by atoms with van der Waals surface area (Å²) in [6.45, 7) is 7.43. The minimum absolute atomic E-state index is 0.00423. The van der Waals surface area contributed by atoms with Crippen LogP contribution in [0.25, 0.3) is 0 Å². The number of para-hydroxylation sites is 1. The quantitative estimate of drug-likeness (QED) is 0.238. The number of sulfonamides is 1. The summed E-state index contributed by atoms with van der Waals surface area (Å²) in [5.74, 6) is -0.718. The van der Waals surface area contributed by atoms with Gasteiger partial charge in [0.05, 0.1) is 25.7 Å². The molecule has 0 bridgehead atoms. The maximum absolute atomic E-state index is 14.1. The van der Waals surface area contributed by atoms with Crippen molar-refractivity contribution in [2.24, 2.45) is 5.92 Å². The molecular weight excluding hydrogens is 605 g/mol. The number of hydrogen-bond donors (Lipinski definition) is 1. The summed E-state index contributed by atoms with van der Waals surface area (Å²) in [6, 6.07) is 16.8. The summed E-state index contributed by atoms with van der Waals surface area (Å²) >= 11 is 18.8. The zero-order chi connectivity index (χ0) is 30.3. The minimum atomic E-state index is -4.22. The molecule has 1 atom stereocenters. The Morgan fingerprint density at radius 3 is 2.15 bits per heavy atom. The number of carbonyl (C=O) groups excluding carboxylic acids is 2. The van der Waals surface area contributed by atoms with Gasteiger partial charge < -0.3 is 10.2 Å². The zero-order valence-corrected chi connectivity index (χ0v) is 26.5. The first-order chi connectivity index (χ1) is 19.3. The zero-order valence-electron chi connectivity index (χ0n) is 23.4. The monoisotopic (exact) mass is 637 g/mol. The largest absolute Gasteiger partial charge is 0.354 e. The second kappa shape index (κ2) is 14.4. The van der Waals surface area contributed by atoms with E-state index in [1.165, 1.54) is 23.1 Å². The van der Waals surface area contributed by atoms with E-state index in [2.05, 4.69) is 5.32 Å². The number of amides is 2. The molecular formula is C30H34Cl3N3O4S. The van der Waals surface area contributed by atoms with Crippen molar-refractivity contribution < 1.29 is 18.0 Å². The van der Waals surface area contributed by atoms with Crippen molar-refractivity contribution in [2.75, 3.05) is 17.4 Å². The summed E-state index contributed by atoms with van der Waals surface area (Å²) < 4.78 is 28.9. The smallest absolute Gasteiger partial charge is 0.264 e. The van der Waals surface area contributed by atoms with E-state index in [9.17, 15) is 18.0 Å². The van der Waals surface area contributed by atoms with Crippen molar-refractivity contribution in [1.29, 1.82) is 0 Å². The van der Waals surface area contributed by atoms with E-state index in [4.69, 9.17) is 34.8 Å². The highest BCUT2D eigenvalue weighted by atomic mass is 35.5. The molecule has 0 radical (unpaired) electrons. The normalized spacial score (nSPS) is 12.2. The molecule has 1 unspecified atom stereocenters. The van der Waals surface area contributed by atoms with Crippen LogP contribution in [0.4, 0.5) is 5.69 Å². The Kier molecular flexibility index (Phi) is 11.5. The van der Waals surface area contributed by atoms with Crippen LogP contribution >= 0.6 is 34.8 Å². The first-order valence-corrected chi connectivity index (χ1v) is 15.8. The van der Waals surface area contributed by atoms with Gasteiger partial charge in [0.15, 0.2) is 0 Å². The summed E-state index contributed by atoms with van der Waals surface area (Å²) in [5.41, 5.74) is 1.67. The second-order valence-corrected chi connectivity index (χ2v) is 13.2. The van der Waals surface area contributed by atoms with E-state index in [1.54, 1.807) is 55.5 Å². The van der Waals surface area contributed by atoms with Gasteiger partial charge in [0.1, 0.15) is 12.6 Å². The lowest BCUT2D eigenvalue weighted by Crippen LogP contribution is -2.52. The molecule has 3 aromatic carbocycles. The Hall–Kier alpha value is -2.78. The Labute approximate surface area is 257 Å². The topological polar surface area (TPSA) is 86.8 Å². The minimum Gasteiger partial charge on any atom is -0.354 e. The molecule has 3 aromatic rings. The third-order valence-corrected chi connectivity index (χ3v) is 9.25. The number of halogens is 3. The van der Waals surface area contributed by atoms with Crippen molar-refractivity contribution >= 4 is 62.3 Å². The number of hydrogen-bond acceptors (Lipinski definition) is 4. The highest BCUT2D eigenvalue weighted by Gasteiger charge is 2.34. The highest BCUT2D eigenvalue weighted by molar-refractivity contribution is 7.92. The fourth-order valence-electron chi connectivity index (χ4n) is 4.18. The molecule has 41 heavy (non-hydrogen) atoms. The summed E-state index contributed by atoms with van der Waals surface area (Å²) in [6.07, 6.45) is 0.299. The van der Waals surface area contributed by atoms with Gasteiger partial charge in [0, 0.05) is 13.1 Å². The third-order valence-electron chi connectivity index (χ3n) is 6.42. The van der Waals surface area contributed by atoms with Gasteiger partial charge in [-0.3, -0.25) is 13.9 Å². The molecule has 220 valence electrons. The van der Waals surface area contributed by atoms with Crippen molar-refractivity contribution in [3.05, 3.63) is 92.9 Å². The van der Waals surface area contributed by atoms with Crippen LogP contribution in [0.5, 0.6) is 0 Å². The van der Waals surface area contributed by atoms with E-state index in [1.807, 2.05) is 20.8 Å². The van der Waals surface area contributed by atoms with Crippen LogP contribution in [0, 0.1) is 12.8 Å². The predicted molar refractivity (Wildman–Crippen MR) is 166 cm³/mol. The number of nitrogens with zero attached hydrogens (tertiary/aromatic N) is 2. The third kappa shape index (κ3) is 8.38. The van der Waals surface area contributed by atoms with Crippen LogP contribution in [0.15, 0.2) is 71.6 Å². The fourth-order valence-corrected chi connectivity index (χ4v) is 6.22. The Balaban J connectivity index is 2.07. The molecule has 0 fully saturated rings. The van der Waals surface area contributed by atoms with E-state index >= 15 is 0 Å². The number of anilines is 1. The van der Waals surface area contributed by atoms with E-state index in [-0.39, 0.29) is 34.0 Å². The molecule has 0 saturated heterocycles. The molecule has 2 amide bonds. The molecule has 0 aromatic heterocycles. The average molecular weight is 639 g/mol. The molecule has 0 spiro atoms. The number of carbonyl (C=O) groups is 2. The van der Waals surface area contributed by atoms with E-state index < -0.39 is 28.5 Å². The second-order valence-electron chi connectivity index (χ2n) is 10.1. The number of rotatable bonds is 12. The van der Waals surface area contributed by atoms with Crippen molar-refractivity contribution in [3.8, 4) is 0 Å². The summed E-state index contributed by atoms with van der Waals surface area (Å²) in [4.78, 5) is 28.8. The van der Waals surface area contributed by atoms with Crippen molar-refractivity contribution in [3.63, 3.8) is 0 Å². The van der Waals surface area contributed by atoms with E-state index in [0.29, 0.717) is 28.6 Å². The predicted octanol–water partition coefficient (Wildman–Crippen LogP) is 6.73. The molecule has 3 rings (SSSR count). The first kappa shape index (κ1) is 32.7. The van der Waals surface area contributed by atoms with Crippen LogP contribution in [-0.2, 0) is 26.2 Å². The molecule has 0 aliphatic carbocycles. The number of benzene rings is 3. The molecule has 7 nitrogen and oxygen atoms in total. The SMILES string of the molecule is CCC(C(=O)NCC(C)C)N(Cc1ccc(Cl)c(Cl)c1)C(=O)CN(c1ccccc1Cl)S(=O)(=O)c1ccc(C)cc1. The van der Waals surface area contributed by atoms with Gasteiger partial charge in [-0.1, -0.05) is 91.5 Å². The maximum Gasteiger partial charge on any atom is 0.264 e. The molecule has 0 aliphatic rings. The van der Waals surface area contributed by atoms with Gasteiger partial charge in [-0.25, -0.2) is 8.42 Å². The van der Waals surface area contributed by atoms with Crippen molar-refractivity contribution in [2.45, 2.75) is 51.6 Å². The van der Waals surface area contributed by atoms with Gasteiger partial charge in [-0.2, -0.15) is 0 Å². The Morgan fingerprint density at radius 1 is 0.902 bits per heavy atom. The maximum atomic E-state index is 14.1. The van der Waals surface area contributed by atoms with Crippen molar-refractivity contribution in [1.82, 2.24) is 10.2 Å². The lowest BCUT2D eigenvalue weighted by Gasteiger charge is -2.33. The lowest BCUT2D eigenvalue weighted by atomic mass is 10.1. The van der Waals surface area contributed by atoms with Gasteiger partial charge in [-0.15, -0.1) is 0 Å². The lowest BCUT2D eigenvalue weighted by molar-refractivity contribution is -0.140. The van der Waals surface area contributed by atoms with Gasteiger partial charge in [0.2, 0.25) is 11.8 Å². The van der Waals surface area contributed by atoms with Crippen LogP contribution in [0.3, 0.4) is 0 Å². The first-order valence-electron chi connectivity index (χ1n) is 13.2. The molecule has 1 N–H and O–H groups in total. The Bertz CT molecular complexity index is 1480. The van der Waals surface area contributed by atoms with Crippen LogP contribution in [-0.4, -0.2) is 44.3 Å². The number of aryl methyl sites for hydroxylation is 1. The van der Waals surface area contributed by atoms with Gasteiger partial charge >= 0.3 is 0 Å². The van der Waals surface area contributed by atoms with Gasteiger partial charge in [-0.05, 0) is 61.2 Å². The van der Waals surface area contributed by atoms with Gasteiger partial charge in [0.25, 0.3) is 10.0 Å². The fraction of sp³-hybridized carbons (Fsp3) is 0.333. The standard InChI is InChI=1S/C30H34Cl3N3O4S/c1-5-27(30(38)34-17-20(2)3)35(18-22-12-15-24(31)26(33)16-22)29(37)19-36(28-9-7-6-8-25(28)32)41(39,40)23-13-10-21(4)11-14-23/h6-16,20,27H,5,17-19H2,1-4H3,(H,34,38). The van der Waals surface area contributed by atoms with Crippen LogP contribution < -0.4 is 9.62 Å².